The number of hydrogen-bond acceptors (Lipinski definition) is 4. The number of nitrogens with zero attached hydrogens (tertiary/aromatic N) is 1. The van der Waals surface area contributed by atoms with Crippen LogP contribution in [0.4, 0.5) is 0 Å². The summed E-state index contributed by atoms with van der Waals surface area (Å²) >= 11 is 0. The Morgan fingerprint density at radius 3 is 2.61 bits per heavy atom. The van der Waals surface area contributed by atoms with Crippen molar-refractivity contribution in [3.8, 4) is 11.5 Å². The van der Waals surface area contributed by atoms with Crippen molar-refractivity contribution in [3.05, 3.63) is 28.8 Å². The predicted molar refractivity (Wildman–Crippen MR) is 127 cm³/mol. The average molecular weight is 429 g/mol. The first-order valence-electron chi connectivity index (χ1n) is 11.7. The molecule has 0 radical (unpaired) electrons. The topological polar surface area (TPSA) is 54.8 Å². The lowest BCUT2D eigenvalue weighted by atomic mass is 9.79. The third-order valence-electron chi connectivity index (χ3n) is 7.17. The molecule has 1 aromatic rings. The first-order chi connectivity index (χ1) is 14.7. The van der Waals surface area contributed by atoms with Gasteiger partial charge in [0.05, 0.1) is 19.8 Å². The molecule has 3 rings (SSSR count). The van der Waals surface area contributed by atoms with Crippen molar-refractivity contribution >= 4 is 11.6 Å². The first-order valence-corrected chi connectivity index (χ1v) is 11.7. The summed E-state index contributed by atoms with van der Waals surface area (Å²) in [6, 6.07) is 4.64. The molecule has 2 heterocycles. The van der Waals surface area contributed by atoms with Gasteiger partial charge in [0.15, 0.2) is 0 Å². The number of methoxy groups -OCH3 is 2. The zero-order chi connectivity index (χ0) is 22.8. The maximum absolute atomic E-state index is 8.14. The van der Waals surface area contributed by atoms with Crippen molar-refractivity contribution < 1.29 is 14.2 Å². The second-order valence-electron chi connectivity index (χ2n) is 9.61. The van der Waals surface area contributed by atoms with Gasteiger partial charge in [0.1, 0.15) is 17.1 Å². The fourth-order valence-electron chi connectivity index (χ4n) is 5.00. The summed E-state index contributed by atoms with van der Waals surface area (Å²) in [6.07, 6.45) is 5.93. The summed E-state index contributed by atoms with van der Waals surface area (Å²) in [4.78, 5) is 1.98. The number of hydrogen-bond donors (Lipinski definition) is 1. The van der Waals surface area contributed by atoms with E-state index in [2.05, 4.69) is 46.8 Å². The van der Waals surface area contributed by atoms with Gasteiger partial charge in [-0.05, 0) is 60.9 Å². The Morgan fingerprint density at radius 1 is 1.23 bits per heavy atom. The third kappa shape index (κ3) is 4.70. The van der Waals surface area contributed by atoms with Gasteiger partial charge in [0.25, 0.3) is 6.02 Å². The largest absolute Gasteiger partial charge is 0.496 e. The van der Waals surface area contributed by atoms with Crippen molar-refractivity contribution in [2.24, 2.45) is 5.92 Å². The molecule has 5 nitrogen and oxygen atoms in total. The van der Waals surface area contributed by atoms with Gasteiger partial charge in [0, 0.05) is 13.1 Å². The second-order valence-corrected chi connectivity index (χ2v) is 9.61. The standard InChI is InChI=1S/C26H40N2O3/c1-8-9-10-11-17(2)18(3)19-14-22(29-6)24-20-16-28(25(27)30-7)13-12-21(20)26(4,5)31-23(24)15-19/h14-15,17-18,27H,8-13,16H2,1-7H3. The van der Waals surface area contributed by atoms with Gasteiger partial charge in [-0.15, -0.1) is 0 Å². The van der Waals surface area contributed by atoms with E-state index in [0.717, 1.165) is 30.0 Å². The van der Waals surface area contributed by atoms with Crippen LogP contribution >= 0.6 is 0 Å². The molecule has 31 heavy (non-hydrogen) atoms. The first kappa shape index (κ1) is 23.5. The van der Waals surface area contributed by atoms with Crippen molar-refractivity contribution in [2.45, 2.75) is 78.2 Å². The molecule has 1 aromatic carbocycles. The lowest BCUT2D eigenvalue weighted by Crippen LogP contribution is -2.44. The highest BCUT2D eigenvalue weighted by atomic mass is 16.5. The fourth-order valence-corrected chi connectivity index (χ4v) is 5.00. The molecular formula is C26H40N2O3. The second kappa shape index (κ2) is 9.54. The number of benzene rings is 1. The van der Waals surface area contributed by atoms with Crippen molar-refractivity contribution in [1.82, 2.24) is 4.90 Å². The molecule has 0 spiro atoms. The molecule has 0 aromatic heterocycles. The molecule has 2 atom stereocenters. The summed E-state index contributed by atoms with van der Waals surface area (Å²) in [7, 11) is 3.30. The number of rotatable bonds is 7. The zero-order valence-corrected chi connectivity index (χ0v) is 20.4. The minimum atomic E-state index is -0.372. The minimum Gasteiger partial charge on any atom is -0.496 e. The average Bonchev–Trinajstić information content (AvgIpc) is 2.76. The van der Waals surface area contributed by atoms with E-state index in [-0.39, 0.29) is 11.6 Å². The summed E-state index contributed by atoms with van der Waals surface area (Å²) < 4.78 is 17.7. The van der Waals surface area contributed by atoms with Crippen LogP contribution in [-0.2, 0) is 4.74 Å². The van der Waals surface area contributed by atoms with Gasteiger partial charge in [-0.2, -0.15) is 0 Å². The Bertz CT molecular complexity index is 843. The van der Waals surface area contributed by atoms with Gasteiger partial charge in [-0.25, -0.2) is 0 Å². The molecule has 0 aliphatic carbocycles. The van der Waals surface area contributed by atoms with E-state index >= 15 is 0 Å². The van der Waals surface area contributed by atoms with Crippen LogP contribution in [0, 0.1) is 11.3 Å². The summed E-state index contributed by atoms with van der Waals surface area (Å²) in [6.45, 7) is 12.6. The van der Waals surface area contributed by atoms with Crippen LogP contribution in [0.3, 0.4) is 0 Å². The Hall–Kier alpha value is -2.17. The zero-order valence-electron chi connectivity index (χ0n) is 20.4. The molecule has 5 heteroatoms. The number of unbranched alkanes of at least 4 members (excludes halogenated alkanes) is 2. The summed E-state index contributed by atoms with van der Waals surface area (Å²) in [5.74, 6) is 2.81. The Morgan fingerprint density at radius 2 is 1.97 bits per heavy atom. The van der Waals surface area contributed by atoms with E-state index in [1.54, 1.807) is 14.2 Å². The van der Waals surface area contributed by atoms with Crippen molar-refractivity contribution in [1.29, 1.82) is 5.41 Å². The van der Waals surface area contributed by atoms with E-state index in [1.165, 1.54) is 42.4 Å². The number of ether oxygens (including phenoxy) is 3. The van der Waals surface area contributed by atoms with Crippen molar-refractivity contribution in [2.75, 3.05) is 27.3 Å². The lowest BCUT2D eigenvalue weighted by Gasteiger charge is -2.43. The van der Waals surface area contributed by atoms with Gasteiger partial charge >= 0.3 is 0 Å². The number of amidine groups is 1. The SMILES string of the molecule is CCCCCC(C)C(C)c1cc(OC)c2c(c1)OC(C)(C)C1=C2CN(C(=N)OC)CC1. The Kier molecular flexibility index (Phi) is 7.23. The normalized spacial score (nSPS) is 19.1. The van der Waals surface area contributed by atoms with Gasteiger partial charge in [-0.1, -0.05) is 46.5 Å². The molecule has 0 saturated carbocycles. The molecule has 2 unspecified atom stereocenters. The van der Waals surface area contributed by atoms with Crippen LogP contribution in [0.25, 0.3) is 5.57 Å². The molecule has 0 fully saturated rings. The number of nitrogens with one attached hydrogen (secondary N) is 1. The van der Waals surface area contributed by atoms with Crippen LogP contribution in [-0.4, -0.2) is 43.8 Å². The Labute approximate surface area is 188 Å². The van der Waals surface area contributed by atoms with Gasteiger partial charge in [0.2, 0.25) is 0 Å². The maximum Gasteiger partial charge on any atom is 0.284 e. The van der Waals surface area contributed by atoms with E-state index < -0.39 is 0 Å². The monoisotopic (exact) mass is 428 g/mol. The molecule has 1 N–H and O–H groups in total. The van der Waals surface area contributed by atoms with Crippen LogP contribution in [0.5, 0.6) is 11.5 Å². The molecular weight excluding hydrogens is 388 g/mol. The van der Waals surface area contributed by atoms with Gasteiger partial charge in [-0.3, -0.25) is 5.41 Å². The molecule has 172 valence electrons. The highest BCUT2D eigenvalue weighted by Gasteiger charge is 2.40. The predicted octanol–water partition coefficient (Wildman–Crippen LogP) is 6.23. The van der Waals surface area contributed by atoms with Crippen LogP contribution in [0.2, 0.25) is 0 Å². The number of fused-ring (bicyclic) bond motifs is 2. The Balaban J connectivity index is 2.00. The van der Waals surface area contributed by atoms with Crippen molar-refractivity contribution in [3.63, 3.8) is 0 Å². The van der Waals surface area contributed by atoms with E-state index in [1.807, 2.05) is 4.90 Å². The summed E-state index contributed by atoms with van der Waals surface area (Å²) in [5, 5.41) is 8.14. The van der Waals surface area contributed by atoms with Crippen LogP contribution < -0.4 is 9.47 Å². The molecule has 0 amide bonds. The van der Waals surface area contributed by atoms with E-state index in [9.17, 15) is 0 Å². The summed E-state index contributed by atoms with van der Waals surface area (Å²) in [5.41, 5.74) is 4.46. The molecule has 2 aliphatic heterocycles. The van der Waals surface area contributed by atoms with E-state index in [4.69, 9.17) is 19.6 Å². The smallest absolute Gasteiger partial charge is 0.284 e. The molecule has 0 saturated heterocycles. The molecule has 2 aliphatic rings. The fraction of sp³-hybridized carbons (Fsp3) is 0.654. The highest BCUT2D eigenvalue weighted by Crippen LogP contribution is 2.49. The van der Waals surface area contributed by atoms with Crippen LogP contribution in [0.15, 0.2) is 17.7 Å². The lowest BCUT2D eigenvalue weighted by molar-refractivity contribution is 0.132. The molecule has 0 bridgehead atoms. The van der Waals surface area contributed by atoms with Crippen LogP contribution in [0.1, 0.15) is 83.8 Å². The van der Waals surface area contributed by atoms with Gasteiger partial charge < -0.3 is 19.1 Å². The quantitative estimate of drug-likeness (QED) is 0.318. The third-order valence-corrected chi connectivity index (χ3v) is 7.17. The highest BCUT2D eigenvalue weighted by molar-refractivity contribution is 5.85. The maximum atomic E-state index is 8.14. The van der Waals surface area contributed by atoms with E-state index in [0.29, 0.717) is 18.4 Å². The minimum absolute atomic E-state index is 0.211.